The third-order valence-corrected chi connectivity index (χ3v) is 4.53. The Morgan fingerprint density at radius 2 is 2.26 bits per heavy atom. The van der Waals surface area contributed by atoms with Crippen LogP contribution in [-0.4, -0.2) is 25.7 Å². The van der Waals surface area contributed by atoms with Crippen LogP contribution in [0.1, 0.15) is 32.3 Å². The van der Waals surface area contributed by atoms with Gasteiger partial charge in [0.1, 0.15) is 6.10 Å². The molecule has 27 heavy (non-hydrogen) atoms. The molecule has 1 aliphatic heterocycles. The Balaban J connectivity index is 1.57. The van der Waals surface area contributed by atoms with Gasteiger partial charge in [0.2, 0.25) is 11.7 Å². The molecule has 1 atom stereocenters. The molecule has 0 saturated carbocycles. The number of carbonyl (C=O) groups excluding carboxylic acids is 1. The molecule has 1 N–H and O–H groups in total. The molecule has 1 aromatic heterocycles. The van der Waals surface area contributed by atoms with Crippen LogP contribution in [0, 0.1) is 5.92 Å². The predicted octanol–water partition coefficient (Wildman–Crippen LogP) is 4.41. The zero-order chi connectivity index (χ0) is 19.2. The highest BCUT2D eigenvalue weighted by molar-refractivity contribution is 5.88. The van der Waals surface area contributed by atoms with Crippen LogP contribution in [0.5, 0.6) is 11.5 Å². The predicted molar refractivity (Wildman–Crippen MR) is 106 cm³/mol. The fraction of sp³-hybridized carbons (Fsp3) is 0.409. The van der Waals surface area contributed by atoms with Crippen LogP contribution in [0.2, 0.25) is 0 Å². The monoisotopic (exact) mass is 369 g/mol. The van der Waals surface area contributed by atoms with Gasteiger partial charge < -0.3 is 19.2 Å². The molecule has 1 aliphatic rings. The first-order valence-electron chi connectivity index (χ1n) is 9.43. The topological polar surface area (TPSA) is 60.7 Å². The third-order valence-electron chi connectivity index (χ3n) is 4.53. The summed E-state index contributed by atoms with van der Waals surface area (Å²) in [7, 11) is 1.64. The summed E-state index contributed by atoms with van der Waals surface area (Å²) in [5, 5.41) is 3.89. The number of hydrogen-bond donors (Lipinski definition) is 1. The Labute approximate surface area is 160 Å². The zero-order valence-corrected chi connectivity index (χ0v) is 16.2. The van der Waals surface area contributed by atoms with Gasteiger partial charge in [0.15, 0.2) is 11.3 Å². The van der Waals surface area contributed by atoms with Gasteiger partial charge in [-0.05, 0) is 36.5 Å². The van der Waals surface area contributed by atoms with Crippen molar-refractivity contribution in [2.24, 2.45) is 5.92 Å². The number of benzene rings is 1. The molecular formula is C22H27NO4. The Kier molecular flexibility index (Phi) is 6.22. The summed E-state index contributed by atoms with van der Waals surface area (Å²) in [4.78, 5) is 11.6. The van der Waals surface area contributed by atoms with Crippen molar-refractivity contribution in [2.45, 2.75) is 39.2 Å². The summed E-state index contributed by atoms with van der Waals surface area (Å²) >= 11 is 0. The van der Waals surface area contributed by atoms with Crippen LogP contribution in [-0.2, 0) is 11.2 Å². The molecule has 0 fully saturated rings. The van der Waals surface area contributed by atoms with Crippen molar-refractivity contribution in [1.82, 2.24) is 5.32 Å². The van der Waals surface area contributed by atoms with E-state index in [4.69, 9.17) is 13.9 Å². The number of ether oxygens (including phenoxy) is 2. The van der Waals surface area contributed by atoms with Gasteiger partial charge in [0, 0.05) is 24.4 Å². The molecule has 0 saturated heterocycles. The summed E-state index contributed by atoms with van der Waals surface area (Å²) in [6.07, 6.45) is 11.6. The lowest BCUT2D eigenvalue weighted by Crippen LogP contribution is -2.25. The Morgan fingerprint density at radius 1 is 1.41 bits per heavy atom. The lowest BCUT2D eigenvalue weighted by Gasteiger charge is -2.26. The van der Waals surface area contributed by atoms with Crippen molar-refractivity contribution in [3.05, 3.63) is 48.3 Å². The number of carbonyl (C=O) groups is 1. The maximum Gasteiger partial charge on any atom is 0.243 e. The number of methoxy groups -OCH3 is 1. The minimum Gasteiger partial charge on any atom is -0.490 e. The number of aryl methyl sites for hydroxylation is 1. The van der Waals surface area contributed by atoms with Crippen molar-refractivity contribution < 1.29 is 18.7 Å². The first kappa shape index (κ1) is 19.1. The maximum atomic E-state index is 11.6. The van der Waals surface area contributed by atoms with Crippen molar-refractivity contribution in [2.75, 3.05) is 13.7 Å². The van der Waals surface area contributed by atoms with Crippen molar-refractivity contribution in [3.8, 4) is 11.5 Å². The molecule has 1 aromatic carbocycles. The lowest BCUT2D eigenvalue weighted by atomic mass is 9.98. The largest absolute Gasteiger partial charge is 0.490 e. The van der Waals surface area contributed by atoms with Crippen molar-refractivity contribution >= 4 is 16.9 Å². The van der Waals surface area contributed by atoms with Gasteiger partial charge in [0.25, 0.3) is 0 Å². The van der Waals surface area contributed by atoms with E-state index in [1.165, 1.54) is 0 Å². The molecule has 0 aliphatic carbocycles. The molecule has 3 rings (SSSR count). The molecule has 5 heteroatoms. The lowest BCUT2D eigenvalue weighted by molar-refractivity contribution is -0.116. The fourth-order valence-electron chi connectivity index (χ4n) is 3.14. The van der Waals surface area contributed by atoms with Gasteiger partial charge in [-0.3, -0.25) is 4.79 Å². The van der Waals surface area contributed by atoms with Crippen molar-refractivity contribution in [3.63, 3.8) is 0 Å². The Bertz CT molecular complexity index is 847. The number of nitrogens with one attached hydrogen (secondary N) is 1. The van der Waals surface area contributed by atoms with Gasteiger partial charge in [-0.2, -0.15) is 0 Å². The van der Waals surface area contributed by atoms with Gasteiger partial charge in [-0.1, -0.05) is 32.1 Å². The molecule has 0 bridgehead atoms. The van der Waals surface area contributed by atoms with E-state index in [2.05, 4.69) is 25.2 Å². The molecule has 5 nitrogen and oxygen atoms in total. The second-order valence-electron chi connectivity index (χ2n) is 7.18. The van der Waals surface area contributed by atoms with Crippen LogP contribution in [0.25, 0.3) is 11.0 Å². The average molecular weight is 369 g/mol. The van der Waals surface area contributed by atoms with Gasteiger partial charge in [-0.15, -0.1) is 0 Å². The quantitative estimate of drug-likeness (QED) is 0.580. The van der Waals surface area contributed by atoms with Gasteiger partial charge >= 0.3 is 0 Å². The Morgan fingerprint density at radius 3 is 3.04 bits per heavy atom. The van der Waals surface area contributed by atoms with E-state index in [0.29, 0.717) is 18.2 Å². The van der Waals surface area contributed by atoms with Crippen LogP contribution < -0.4 is 14.8 Å². The standard InChI is InChI=1S/C22H27NO4/c1-15(2)14-23-19(24)8-6-4-5-7-18-10-9-16-13-17-11-12-26-20(17)22(25-3)21(16)27-18/h4-6,8,11-13,15,18H,7,9-10,14H2,1-3H3,(H,23,24)/b5-4+,8-6+. The highest BCUT2D eigenvalue weighted by Crippen LogP contribution is 2.43. The molecule has 1 amide bonds. The highest BCUT2D eigenvalue weighted by Gasteiger charge is 2.25. The second-order valence-corrected chi connectivity index (χ2v) is 7.18. The fourth-order valence-corrected chi connectivity index (χ4v) is 3.14. The van der Waals surface area contributed by atoms with E-state index < -0.39 is 0 Å². The van der Waals surface area contributed by atoms with Crippen LogP contribution in [0.4, 0.5) is 0 Å². The van der Waals surface area contributed by atoms with Crippen LogP contribution >= 0.6 is 0 Å². The molecule has 2 heterocycles. The van der Waals surface area contributed by atoms with Crippen LogP contribution in [0.3, 0.4) is 0 Å². The first-order chi connectivity index (χ1) is 13.1. The zero-order valence-electron chi connectivity index (χ0n) is 16.2. The number of furan rings is 1. The first-order valence-corrected chi connectivity index (χ1v) is 9.43. The minimum atomic E-state index is -0.0663. The maximum absolute atomic E-state index is 11.6. The summed E-state index contributed by atoms with van der Waals surface area (Å²) in [5.74, 6) is 1.84. The van der Waals surface area contributed by atoms with E-state index in [0.717, 1.165) is 41.5 Å². The number of hydrogen-bond acceptors (Lipinski definition) is 4. The van der Waals surface area contributed by atoms with E-state index in [-0.39, 0.29) is 12.0 Å². The molecule has 0 spiro atoms. The Hall–Kier alpha value is -2.69. The number of allylic oxidation sites excluding steroid dienone is 2. The summed E-state index contributed by atoms with van der Waals surface area (Å²) in [5.41, 5.74) is 1.88. The normalized spacial score (nSPS) is 16.8. The molecule has 144 valence electrons. The van der Waals surface area contributed by atoms with Gasteiger partial charge in [0.05, 0.1) is 13.4 Å². The minimum absolute atomic E-state index is 0.0663. The van der Waals surface area contributed by atoms with E-state index in [1.807, 2.05) is 18.2 Å². The summed E-state index contributed by atoms with van der Waals surface area (Å²) in [6, 6.07) is 4.05. The average Bonchev–Trinajstić information content (AvgIpc) is 3.12. The SMILES string of the molecule is COc1c2c(cc3ccoc13)CCC(C/C=C/C=C/C(=O)NCC(C)C)O2. The third kappa shape index (κ3) is 4.73. The highest BCUT2D eigenvalue weighted by atomic mass is 16.5. The second kappa shape index (κ2) is 8.80. The van der Waals surface area contributed by atoms with Gasteiger partial charge in [-0.25, -0.2) is 0 Å². The smallest absolute Gasteiger partial charge is 0.243 e. The molecule has 2 aromatic rings. The number of rotatable bonds is 7. The van der Waals surface area contributed by atoms with E-state index in [9.17, 15) is 4.79 Å². The number of fused-ring (bicyclic) bond motifs is 2. The summed E-state index contributed by atoms with van der Waals surface area (Å²) in [6.45, 7) is 4.82. The van der Waals surface area contributed by atoms with E-state index >= 15 is 0 Å². The molecular weight excluding hydrogens is 342 g/mol. The van der Waals surface area contributed by atoms with Crippen molar-refractivity contribution in [1.29, 1.82) is 0 Å². The van der Waals surface area contributed by atoms with Crippen LogP contribution in [0.15, 0.2) is 47.1 Å². The summed E-state index contributed by atoms with van der Waals surface area (Å²) < 4.78 is 17.3. The molecule has 1 unspecified atom stereocenters. The van der Waals surface area contributed by atoms with E-state index in [1.54, 1.807) is 25.5 Å². The number of amides is 1. The molecule has 0 radical (unpaired) electrons.